The Labute approximate surface area is 345 Å². The first kappa shape index (κ1) is 53.9. The first-order valence-electron chi connectivity index (χ1n) is 24.9. The molecule has 0 aliphatic carbocycles. The normalized spacial score (nSPS) is 12.4. The monoisotopic (exact) mass is 775 g/mol. The molecule has 0 aliphatic heterocycles. The van der Waals surface area contributed by atoms with Gasteiger partial charge in [0.05, 0.1) is 13.2 Å². The number of ether oxygens (including phenoxy) is 2. The number of carbonyl (C=O) groups excluding carboxylic acids is 1. The highest BCUT2D eigenvalue weighted by Crippen LogP contribution is 2.16. The summed E-state index contributed by atoms with van der Waals surface area (Å²) >= 11 is 0. The Balaban J connectivity index is 3.37. The van der Waals surface area contributed by atoms with Crippen molar-refractivity contribution in [1.82, 2.24) is 0 Å². The molecule has 0 amide bonds. The van der Waals surface area contributed by atoms with Gasteiger partial charge in [-0.1, -0.05) is 244 Å². The Hall–Kier alpha value is -1.13. The molecule has 1 atom stereocenters. The van der Waals surface area contributed by atoms with E-state index >= 15 is 0 Å². The summed E-state index contributed by atoms with van der Waals surface area (Å²) in [4.78, 5) is 12.3. The third-order valence-electron chi connectivity index (χ3n) is 11.3. The lowest BCUT2D eigenvalue weighted by Gasteiger charge is -2.16. The number of hydrogen-bond acceptors (Lipinski definition) is 4. The fourth-order valence-corrected chi connectivity index (χ4v) is 7.54. The van der Waals surface area contributed by atoms with Crippen LogP contribution >= 0.6 is 0 Å². The summed E-state index contributed by atoms with van der Waals surface area (Å²) < 4.78 is 11.2. The van der Waals surface area contributed by atoms with Crippen LogP contribution in [0.3, 0.4) is 0 Å². The standard InChI is InChI=1S/C51H98O4/c1-3-5-7-9-11-13-15-17-19-21-23-25-26-27-28-30-32-34-36-38-40-42-44-46-51(53)55-50(48-52)49-54-47-45-43-41-39-37-35-33-31-29-24-22-20-18-16-14-12-10-8-6-4-2/h15,17,21,23,50,52H,3-14,16,18-20,22,24-49H2,1-2H3/b17-15-,23-21-. The maximum Gasteiger partial charge on any atom is 0.306 e. The topological polar surface area (TPSA) is 55.8 Å². The van der Waals surface area contributed by atoms with Crippen molar-refractivity contribution in [2.75, 3.05) is 19.8 Å². The largest absolute Gasteiger partial charge is 0.457 e. The van der Waals surface area contributed by atoms with E-state index in [0.717, 1.165) is 25.7 Å². The number of aliphatic hydroxyl groups excluding tert-OH is 1. The molecule has 0 aromatic heterocycles. The average molecular weight is 775 g/mol. The third-order valence-corrected chi connectivity index (χ3v) is 11.3. The third kappa shape index (κ3) is 47.1. The van der Waals surface area contributed by atoms with Crippen molar-refractivity contribution in [2.24, 2.45) is 0 Å². The number of esters is 1. The average Bonchev–Trinajstić information content (AvgIpc) is 3.19. The molecule has 0 aromatic carbocycles. The van der Waals surface area contributed by atoms with Crippen LogP contribution in [-0.2, 0) is 14.3 Å². The second-order valence-corrected chi connectivity index (χ2v) is 16.9. The lowest BCUT2D eigenvalue weighted by Crippen LogP contribution is -2.27. The van der Waals surface area contributed by atoms with Crippen molar-refractivity contribution < 1.29 is 19.4 Å². The summed E-state index contributed by atoms with van der Waals surface area (Å²) in [5.74, 6) is -0.197. The zero-order chi connectivity index (χ0) is 39.8. The van der Waals surface area contributed by atoms with E-state index in [2.05, 4.69) is 38.2 Å². The van der Waals surface area contributed by atoms with Crippen LogP contribution in [0.2, 0.25) is 0 Å². The number of carbonyl (C=O) groups is 1. The lowest BCUT2D eigenvalue weighted by molar-refractivity contribution is -0.154. The maximum absolute atomic E-state index is 12.3. The molecule has 0 bridgehead atoms. The van der Waals surface area contributed by atoms with E-state index in [0.29, 0.717) is 19.6 Å². The van der Waals surface area contributed by atoms with Gasteiger partial charge in [-0.3, -0.25) is 4.79 Å². The molecule has 0 fully saturated rings. The van der Waals surface area contributed by atoms with Gasteiger partial charge in [0.15, 0.2) is 0 Å². The molecular weight excluding hydrogens is 677 g/mol. The van der Waals surface area contributed by atoms with E-state index in [4.69, 9.17) is 9.47 Å². The van der Waals surface area contributed by atoms with Crippen molar-refractivity contribution in [2.45, 2.75) is 277 Å². The van der Waals surface area contributed by atoms with E-state index in [1.165, 1.54) is 225 Å². The minimum Gasteiger partial charge on any atom is -0.457 e. The first-order valence-corrected chi connectivity index (χ1v) is 24.9. The molecule has 326 valence electrons. The fraction of sp³-hybridized carbons (Fsp3) is 0.902. The summed E-state index contributed by atoms with van der Waals surface area (Å²) in [6, 6.07) is 0. The van der Waals surface area contributed by atoms with Crippen LogP contribution in [0.15, 0.2) is 24.3 Å². The predicted octanol–water partition coefficient (Wildman–Crippen LogP) is 16.7. The molecule has 4 heteroatoms. The van der Waals surface area contributed by atoms with E-state index in [1.807, 2.05) is 0 Å². The maximum atomic E-state index is 12.3. The van der Waals surface area contributed by atoms with Gasteiger partial charge >= 0.3 is 5.97 Å². The molecule has 0 saturated heterocycles. The summed E-state index contributed by atoms with van der Waals surface area (Å²) in [6.07, 6.45) is 61.2. The number of allylic oxidation sites excluding steroid dienone is 4. The molecule has 55 heavy (non-hydrogen) atoms. The van der Waals surface area contributed by atoms with Gasteiger partial charge < -0.3 is 14.6 Å². The smallest absolute Gasteiger partial charge is 0.306 e. The molecule has 1 N–H and O–H groups in total. The van der Waals surface area contributed by atoms with Crippen LogP contribution in [0.4, 0.5) is 0 Å². The number of aliphatic hydroxyl groups is 1. The lowest BCUT2D eigenvalue weighted by atomic mass is 10.0. The number of unbranched alkanes of at least 4 members (excludes halogenated alkanes) is 35. The van der Waals surface area contributed by atoms with Crippen molar-refractivity contribution in [3.8, 4) is 0 Å². The molecule has 0 aromatic rings. The van der Waals surface area contributed by atoms with Gasteiger partial charge in [0.25, 0.3) is 0 Å². The van der Waals surface area contributed by atoms with E-state index in [9.17, 15) is 9.90 Å². The van der Waals surface area contributed by atoms with E-state index in [-0.39, 0.29) is 12.6 Å². The molecule has 0 saturated carbocycles. The Morgan fingerprint density at radius 2 is 0.764 bits per heavy atom. The quantitative estimate of drug-likeness (QED) is 0.0380. The Bertz CT molecular complexity index is 777. The molecule has 4 nitrogen and oxygen atoms in total. The zero-order valence-corrected chi connectivity index (χ0v) is 37.5. The van der Waals surface area contributed by atoms with Crippen LogP contribution < -0.4 is 0 Å². The van der Waals surface area contributed by atoms with Crippen molar-refractivity contribution >= 4 is 5.97 Å². The Morgan fingerprint density at radius 3 is 1.13 bits per heavy atom. The Morgan fingerprint density at radius 1 is 0.436 bits per heavy atom. The van der Waals surface area contributed by atoms with Crippen LogP contribution in [0.25, 0.3) is 0 Å². The van der Waals surface area contributed by atoms with Crippen LogP contribution in [0.1, 0.15) is 271 Å². The van der Waals surface area contributed by atoms with Gasteiger partial charge in [0.2, 0.25) is 0 Å². The van der Waals surface area contributed by atoms with Crippen molar-refractivity contribution in [3.05, 3.63) is 24.3 Å². The highest BCUT2D eigenvalue weighted by molar-refractivity contribution is 5.69. The summed E-state index contributed by atoms with van der Waals surface area (Å²) in [5.41, 5.74) is 0. The van der Waals surface area contributed by atoms with Crippen LogP contribution in [0.5, 0.6) is 0 Å². The molecule has 0 radical (unpaired) electrons. The van der Waals surface area contributed by atoms with Gasteiger partial charge in [-0.15, -0.1) is 0 Å². The van der Waals surface area contributed by atoms with Gasteiger partial charge in [-0.05, 0) is 44.9 Å². The van der Waals surface area contributed by atoms with Crippen LogP contribution in [-0.4, -0.2) is 37.0 Å². The minimum atomic E-state index is -0.531. The highest BCUT2D eigenvalue weighted by atomic mass is 16.6. The van der Waals surface area contributed by atoms with Gasteiger partial charge in [-0.2, -0.15) is 0 Å². The molecular formula is C51H98O4. The first-order chi connectivity index (χ1) is 27.2. The summed E-state index contributed by atoms with van der Waals surface area (Å²) in [7, 11) is 0. The summed E-state index contributed by atoms with van der Waals surface area (Å²) in [5, 5.41) is 9.64. The molecule has 0 aliphatic rings. The zero-order valence-electron chi connectivity index (χ0n) is 37.5. The molecule has 0 rings (SSSR count). The number of rotatable bonds is 47. The van der Waals surface area contributed by atoms with Crippen molar-refractivity contribution in [3.63, 3.8) is 0 Å². The molecule has 0 heterocycles. The van der Waals surface area contributed by atoms with Crippen LogP contribution in [0, 0.1) is 0 Å². The van der Waals surface area contributed by atoms with Gasteiger partial charge in [0.1, 0.15) is 6.10 Å². The second-order valence-electron chi connectivity index (χ2n) is 16.9. The van der Waals surface area contributed by atoms with E-state index < -0.39 is 6.10 Å². The molecule has 1 unspecified atom stereocenters. The molecule has 0 spiro atoms. The minimum absolute atomic E-state index is 0.167. The summed E-state index contributed by atoms with van der Waals surface area (Å²) in [6.45, 7) is 5.39. The van der Waals surface area contributed by atoms with Crippen molar-refractivity contribution in [1.29, 1.82) is 0 Å². The van der Waals surface area contributed by atoms with Gasteiger partial charge in [-0.25, -0.2) is 0 Å². The van der Waals surface area contributed by atoms with E-state index in [1.54, 1.807) is 0 Å². The second kappa shape index (κ2) is 49.0. The predicted molar refractivity (Wildman–Crippen MR) is 242 cm³/mol. The Kier molecular flexibility index (Phi) is 48.0. The SMILES string of the molecule is CCCCCCC/C=C\C/C=C\CCCCCCCCCCCCCC(=O)OC(CO)COCCCCCCCCCCCCCCCCCCCCCC. The number of hydrogen-bond donors (Lipinski definition) is 1. The van der Waals surface area contributed by atoms with Gasteiger partial charge in [0, 0.05) is 13.0 Å². The highest BCUT2D eigenvalue weighted by Gasteiger charge is 2.13. The fourth-order valence-electron chi connectivity index (χ4n) is 7.54.